The maximum atomic E-state index is 11.4. The average molecular weight is 247 g/mol. The molecule has 0 atom stereocenters. The van der Waals surface area contributed by atoms with E-state index in [9.17, 15) is 4.79 Å². The zero-order valence-electron chi connectivity index (χ0n) is 10.9. The fourth-order valence-corrected chi connectivity index (χ4v) is 1.58. The van der Waals surface area contributed by atoms with Gasteiger partial charge >= 0.3 is 0 Å². The first-order valence-electron chi connectivity index (χ1n) is 6.55. The molecule has 0 aliphatic heterocycles. The minimum absolute atomic E-state index is 0.0216. The molecule has 18 heavy (non-hydrogen) atoms. The van der Waals surface area contributed by atoms with E-state index in [1.54, 1.807) is 18.6 Å². The van der Waals surface area contributed by atoms with Gasteiger partial charge in [-0.2, -0.15) is 5.10 Å². The summed E-state index contributed by atoms with van der Waals surface area (Å²) in [7, 11) is 0. The summed E-state index contributed by atoms with van der Waals surface area (Å²) in [5.74, 6) is -0.0216. The van der Waals surface area contributed by atoms with Gasteiger partial charge in [0.1, 0.15) is 0 Å². The van der Waals surface area contributed by atoms with Crippen molar-refractivity contribution in [2.45, 2.75) is 45.4 Å². The summed E-state index contributed by atoms with van der Waals surface area (Å²) in [5, 5.41) is 3.89. The number of unbranched alkanes of at least 4 members (excludes halogenated alkanes) is 4. The van der Waals surface area contributed by atoms with Gasteiger partial charge < -0.3 is 0 Å². The van der Waals surface area contributed by atoms with Crippen molar-refractivity contribution in [3.05, 3.63) is 30.1 Å². The lowest BCUT2D eigenvalue weighted by molar-refractivity contribution is -0.121. The van der Waals surface area contributed by atoms with E-state index in [2.05, 4.69) is 22.4 Å². The number of carbonyl (C=O) groups excluding carboxylic acids is 1. The Hall–Kier alpha value is -1.71. The van der Waals surface area contributed by atoms with Crippen molar-refractivity contribution in [1.29, 1.82) is 0 Å². The van der Waals surface area contributed by atoms with Crippen LogP contribution in [0.25, 0.3) is 0 Å². The molecule has 1 heterocycles. The Kier molecular flexibility index (Phi) is 7.44. The largest absolute Gasteiger partial charge is 0.273 e. The highest BCUT2D eigenvalue weighted by Crippen LogP contribution is 2.04. The maximum Gasteiger partial charge on any atom is 0.240 e. The van der Waals surface area contributed by atoms with Gasteiger partial charge in [-0.25, -0.2) is 5.43 Å². The lowest BCUT2D eigenvalue weighted by atomic mass is 10.1. The lowest BCUT2D eigenvalue weighted by Gasteiger charge is -2.00. The van der Waals surface area contributed by atoms with Crippen molar-refractivity contribution in [2.75, 3.05) is 0 Å². The normalized spacial score (nSPS) is 10.7. The molecule has 98 valence electrons. The second kappa shape index (κ2) is 9.33. The number of pyridine rings is 1. The summed E-state index contributed by atoms with van der Waals surface area (Å²) in [4.78, 5) is 15.4. The molecule has 0 aliphatic carbocycles. The Morgan fingerprint density at radius 2 is 2.22 bits per heavy atom. The SMILES string of the molecule is CCCCCCCC(=O)NN=Cc1cccnc1. The summed E-state index contributed by atoms with van der Waals surface area (Å²) in [5.41, 5.74) is 3.40. The van der Waals surface area contributed by atoms with Gasteiger partial charge in [0.05, 0.1) is 6.21 Å². The van der Waals surface area contributed by atoms with Crippen LogP contribution in [0.2, 0.25) is 0 Å². The Morgan fingerprint density at radius 3 is 2.94 bits per heavy atom. The molecule has 1 rings (SSSR count). The fraction of sp³-hybridized carbons (Fsp3) is 0.500. The molecule has 0 bridgehead atoms. The summed E-state index contributed by atoms with van der Waals surface area (Å²) >= 11 is 0. The molecule has 0 fully saturated rings. The molecule has 0 aromatic carbocycles. The number of nitrogens with one attached hydrogen (secondary N) is 1. The van der Waals surface area contributed by atoms with Gasteiger partial charge in [0.25, 0.3) is 0 Å². The van der Waals surface area contributed by atoms with Crippen molar-refractivity contribution in [3.63, 3.8) is 0 Å². The Bertz CT molecular complexity index is 363. The smallest absolute Gasteiger partial charge is 0.240 e. The first-order chi connectivity index (χ1) is 8.83. The summed E-state index contributed by atoms with van der Waals surface area (Å²) in [6.07, 6.45) is 11.3. The Morgan fingerprint density at radius 1 is 1.39 bits per heavy atom. The molecule has 1 aromatic heterocycles. The number of aromatic nitrogens is 1. The lowest BCUT2D eigenvalue weighted by Crippen LogP contribution is -2.16. The topological polar surface area (TPSA) is 54.4 Å². The molecule has 0 radical (unpaired) electrons. The van der Waals surface area contributed by atoms with Gasteiger partial charge in [-0.05, 0) is 12.5 Å². The first kappa shape index (κ1) is 14.4. The van der Waals surface area contributed by atoms with Crippen molar-refractivity contribution in [3.8, 4) is 0 Å². The number of amides is 1. The highest BCUT2D eigenvalue weighted by Gasteiger charge is 1.98. The summed E-state index contributed by atoms with van der Waals surface area (Å²) in [6.45, 7) is 2.18. The molecule has 4 nitrogen and oxygen atoms in total. The fourth-order valence-electron chi connectivity index (χ4n) is 1.58. The molecule has 1 aromatic rings. The van der Waals surface area contributed by atoms with Gasteiger partial charge in [0.2, 0.25) is 5.91 Å². The van der Waals surface area contributed by atoms with Crippen LogP contribution in [0.5, 0.6) is 0 Å². The van der Waals surface area contributed by atoms with E-state index >= 15 is 0 Å². The third kappa shape index (κ3) is 6.78. The predicted molar refractivity (Wildman–Crippen MR) is 73.3 cm³/mol. The number of hydrogen-bond acceptors (Lipinski definition) is 3. The van der Waals surface area contributed by atoms with Crippen molar-refractivity contribution in [1.82, 2.24) is 10.4 Å². The van der Waals surface area contributed by atoms with Crippen molar-refractivity contribution in [2.24, 2.45) is 5.10 Å². The Labute approximate surface area is 109 Å². The summed E-state index contributed by atoms with van der Waals surface area (Å²) < 4.78 is 0. The highest BCUT2D eigenvalue weighted by molar-refractivity contribution is 5.81. The van der Waals surface area contributed by atoms with E-state index in [4.69, 9.17) is 0 Å². The maximum absolute atomic E-state index is 11.4. The average Bonchev–Trinajstić information content (AvgIpc) is 2.40. The van der Waals surface area contributed by atoms with E-state index in [1.807, 2.05) is 12.1 Å². The molecule has 1 amide bonds. The number of hydrazone groups is 1. The molecular formula is C14H21N3O. The van der Waals surface area contributed by atoms with Crippen LogP contribution in [0.3, 0.4) is 0 Å². The highest BCUT2D eigenvalue weighted by atomic mass is 16.2. The minimum atomic E-state index is -0.0216. The van der Waals surface area contributed by atoms with E-state index in [-0.39, 0.29) is 5.91 Å². The molecule has 0 saturated heterocycles. The molecule has 0 spiro atoms. The van der Waals surface area contributed by atoms with Gasteiger partial charge in [-0.15, -0.1) is 0 Å². The second-order valence-corrected chi connectivity index (χ2v) is 4.24. The van der Waals surface area contributed by atoms with Crippen LogP contribution in [0.1, 0.15) is 51.0 Å². The number of carbonyl (C=O) groups is 1. The molecule has 0 saturated carbocycles. The van der Waals surface area contributed by atoms with Crippen LogP contribution in [0, 0.1) is 0 Å². The monoisotopic (exact) mass is 247 g/mol. The van der Waals surface area contributed by atoms with Gasteiger partial charge in [-0.3, -0.25) is 9.78 Å². The van der Waals surface area contributed by atoms with E-state index < -0.39 is 0 Å². The van der Waals surface area contributed by atoms with Crippen LogP contribution < -0.4 is 5.43 Å². The number of nitrogens with zero attached hydrogens (tertiary/aromatic N) is 2. The number of hydrogen-bond donors (Lipinski definition) is 1. The molecule has 0 unspecified atom stereocenters. The van der Waals surface area contributed by atoms with E-state index in [0.29, 0.717) is 6.42 Å². The van der Waals surface area contributed by atoms with Crippen LogP contribution in [0.15, 0.2) is 29.6 Å². The standard InChI is InChI=1S/C14H21N3O/c1-2-3-4-5-6-9-14(18)17-16-12-13-8-7-10-15-11-13/h7-8,10-12H,2-6,9H2,1H3,(H,17,18). The Balaban J connectivity index is 2.11. The van der Waals surface area contributed by atoms with Gasteiger partial charge in [-0.1, -0.05) is 38.7 Å². The molecule has 4 heteroatoms. The number of rotatable bonds is 8. The third-order valence-corrected chi connectivity index (χ3v) is 2.59. The zero-order valence-corrected chi connectivity index (χ0v) is 10.9. The second-order valence-electron chi connectivity index (χ2n) is 4.24. The third-order valence-electron chi connectivity index (χ3n) is 2.59. The quantitative estimate of drug-likeness (QED) is 0.436. The summed E-state index contributed by atoms with van der Waals surface area (Å²) in [6, 6.07) is 3.71. The van der Waals surface area contributed by atoms with E-state index in [0.717, 1.165) is 18.4 Å². The molecule has 1 N–H and O–H groups in total. The predicted octanol–water partition coefficient (Wildman–Crippen LogP) is 2.89. The van der Waals surface area contributed by atoms with Crippen LogP contribution in [-0.4, -0.2) is 17.1 Å². The van der Waals surface area contributed by atoms with Crippen molar-refractivity contribution < 1.29 is 4.79 Å². The van der Waals surface area contributed by atoms with Gasteiger partial charge in [0.15, 0.2) is 0 Å². The van der Waals surface area contributed by atoms with Crippen LogP contribution in [-0.2, 0) is 4.79 Å². The molecule has 0 aliphatic rings. The van der Waals surface area contributed by atoms with Gasteiger partial charge in [0, 0.05) is 24.4 Å². The molecular weight excluding hydrogens is 226 g/mol. The van der Waals surface area contributed by atoms with E-state index in [1.165, 1.54) is 19.3 Å². The van der Waals surface area contributed by atoms with Crippen LogP contribution >= 0.6 is 0 Å². The minimum Gasteiger partial charge on any atom is -0.273 e. The first-order valence-corrected chi connectivity index (χ1v) is 6.55. The van der Waals surface area contributed by atoms with Crippen molar-refractivity contribution >= 4 is 12.1 Å². The van der Waals surface area contributed by atoms with Crippen LogP contribution in [0.4, 0.5) is 0 Å². The zero-order chi connectivity index (χ0) is 13.1.